The van der Waals surface area contributed by atoms with Gasteiger partial charge in [0.15, 0.2) is 12.2 Å². The van der Waals surface area contributed by atoms with E-state index in [-0.39, 0.29) is 12.9 Å². The molecule has 0 aromatic carbocycles. The molecule has 25 heavy (non-hydrogen) atoms. The summed E-state index contributed by atoms with van der Waals surface area (Å²) < 4.78 is 8.80. The van der Waals surface area contributed by atoms with E-state index in [0.29, 0.717) is 6.42 Å². The van der Waals surface area contributed by atoms with E-state index in [0.717, 1.165) is 0 Å². The van der Waals surface area contributed by atoms with Gasteiger partial charge in [-0.15, -0.1) is 0 Å². The maximum Gasteiger partial charge on any atom is 0.344 e. The number of carboxylic acids is 1. The highest BCUT2D eigenvalue weighted by atomic mass is 16.6. The van der Waals surface area contributed by atoms with E-state index in [1.54, 1.807) is 0 Å². The Bertz CT molecular complexity index is 424. The summed E-state index contributed by atoms with van der Waals surface area (Å²) in [5, 5.41) is 54.3. The van der Waals surface area contributed by atoms with E-state index < -0.39 is 54.7 Å². The van der Waals surface area contributed by atoms with E-state index in [1.165, 1.54) is 6.92 Å². The standard InChI is InChI=1S/C7H12O7.C7H12O4/c8-1-14-7-5(12)3(10)2(9)4(11)6(7)13;1-3-4-6(8)11-5(2)7(9)10/h1-7,9-13H;5H,3-4H2,1-2H3,(H,9,10). The summed E-state index contributed by atoms with van der Waals surface area (Å²) in [5.41, 5.74) is 0. The highest BCUT2D eigenvalue weighted by molar-refractivity contribution is 5.77. The molecule has 0 aromatic rings. The lowest BCUT2D eigenvalue weighted by molar-refractivity contribution is -0.228. The summed E-state index contributed by atoms with van der Waals surface area (Å²) in [4.78, 5) is 30.8. The van der Waals surface area contributed by atoms with Gasteiger partial charge in [0.1, 0.15) is 30.5 Å². The number of carbonyl (C=O) groups is 3. The van der Waals surface area contributed by atoms with Crippen molar-refractivity contribution in [3.63, 3.8) is 0 Å². The van der Waals surface area contributed by atoms with Crippen LogP contribution in [0.5, 0.6) is 0 Å². The summed E-state index contributed by atoms with van der Waals surface area (Å²) in [7, 11) is 0. The number of carbonyl (C=O) groups excluding carboxylic acids is 2. The maximum absolute atomic E-state index is 10.7. The molecule has 0 heterocycles. The quantitative estimate of drug-likeness (QED) is 0.209. The highest BCUT2D eigenvalue weighted by Crippen LogP contribution is 2.23. The van der Waals surface area contributed by atoms with Crippen LogP contribution in [0.1, 0.15) is 26.7 Å². The SMILES string of the molecule is CCCC(=O)OC(C)C(=O)O.O=COC1C(O)C(O)C(O)C(O)C1O. The average Bonchev–Trinajstić information content (AvgIpc) is 2.56. The molecule has 0 aromatic heterocycles. The molecule has 11 heteroatoms. The normalized spacial score (nSPS) is 32.6. The Morgan fingerprint density at radius 2 is 1.44 bits per heavy atom. The second kappa shape index (κ2) is 10.9. The number of hydrogen-bond donors (Lipinski definition) is 6. The first-order valence-electron chi connectivity index (χ1n) is 7.50. The van der Waals surface area contributed by atoms with Crippen molar-refractivity contribution in [1.29, 1.82) is 0 Å². The third kappa shape index (κ3) is 6.92. The first-order valence-corrected chi connectivity index (χ1v) is 7.50. The lowest BCUT2D eigenvalue weighted by Crippen LogP contribution is -2.64. The highest BCUT2D eigenvalue weighted by Gasteiger charge is 2.49. The lowest BCUT2D eigenvalue weighted by Gasteiger charge is -2.40. The molecule has 146 valence electrons. The Labute approximate surface area is 143 Å². The molecule has 6 N–H and O–H groups in total. The van der Waals surface area contributed by atoms with E-state index in [1.807, 2.05) is 6.92 Å². The van der Waals surface area contributed by atoms with Crippen LogP contribution in [0.2, 0.25) is 0 Å². The van der Waals surface area contributed by atoms with Crippen molar-refractivity contribution in [2.24, 2.45) is 0 Å². The summed E-state index contributed by atoms with van der Waals surface area (Å²) in [6, 6.07) is 0. The zero-order chi connectivity index (χ0) is 19.7. The Balaban J connectivity index is 0.000000477. The van der Waals surface area contributed by atoms with Crippen molar-refractivity contribution in [2.45, 2.75) is 69.4 Å². The monoisotopic (exact) mass is 368 g/mol. The predicted molar refractivity (Wildman–Crippen MR) is 79.1 cm³/mol. The van der Waals surface area contributed by atoms with Gasteiger partial charge in [-0.2, -0.15) is 0 Å². The fourth-order valence-electron chi connectivity index (χ4n) is 1.93. The molecule has 1 rings (SSSR count). The van der Waals surface area contributed by atoms with Crippen LogP contribution >= 0.6 is 0 Å². The molecule has 0 spiro atoms. The van der Waals surface area contributed by atoms with Crippen LogP contribution in [0.25, 0.3) is 0 Å². The minimum Gasteiger partial charge on any atom is -0.479 e. The van der Waals surface area contributed by atoms with Crippen molar-refractivity contribution in [3.05, 3.63) is 0 Å². The number of ether oxygens (including phenoxy) is 2. The summed E-state index contributed by atoms with van der Waals surface area (Å²) in [6.45, 7) is 3.14. The first kappa shape index (κ1) is 23.2. The Hall–Kier alpha value is -1.79. The Morgan fingerprint density at radius 3 is 1.80 bits per heavy atom. The van der Waals surface area contributed by atoms with Crippen molar-refractivity contribution in [1.82, 2.24) is 0 Å². The van der Waals surface area contributed by atoms with Gasteiger partial charge >= 0.3 is 11.9 Å². The zero-order valence-electron chi connectivity index (χ0n) is 13.8. The molecule has 0 amide bonds. The number of rotatable bonds is 6. The van der Waals surface area contributed by atoms with Crippen LogP contribution in [0.4, 0.5) is 0 Å². The van der Waals surface area contributed by atoms with Gasteiger partial charge in [-0.05, 0) is 13.3 Å². The second-order valence-electron chi connectivity index (χ2n) is 5.37. The molecular formula is C14H24O11. The molecule has 5 atom stereocenters. The molecule has 11 nitrogen and oxygen atoms in total. The zero-order valence-corrected chi connectivity index (χ0v) is 13.8. The smallest absolute Gasteiger partial charge is 0.344 e. The minimum atomic E-state index is -1.67. The van der Waals surface area contributed by atoms with Crippen molar-refractivity contribution < 1.29 is 54.5 Å². The Kier molecular flexibility index (Phi) is 10.2. The number of esters is 1. The molecule has 5 unspecified atom stereocenters. The molecule has 0 radical (unpaired) electrons. The van der Waals surface area contributed by atoms with E-state index >= 15 is 0 Å². The van der Waals surface area contributed by atoms with E-state index in [9.17, 15) is 24.6 Å². The second-order valence-corrected chi connectivity index (χ2v) is 5.37. The minimum absolute atomic E-state index is 0.0196. The maximum atomic E-state index is 10.7. The van der Waals surface area contributed by atoms with Crippen LogP contribution in [0, 0.1) is 0 Å². The first-order chi connectivity index (χ1) is 11.6. The number of carboxylic acid groups (broad SMARTS) is 1. The topological polar surface area (TPSA) is 191 Å². The van der Waals surface area contributed by atoms with Crippen molar-refractivity contribution in [3.8, 4) is 0 Å². The van der Waals surface area contributed by atoms with E-state index in [4.69, 9.17) is 20.4 Å². The number of aliphatic hydroxyl groups excluding tert-OH is 5. The molecule has 0 aliphatic heterocycles. The Morgan fingerprint density at radius 1 is 1.00 bits per heavy atom. The lowest BCUT2D eigenvalue weighted by atomic mass is 9.85. The van der Waals surface area contributed by atoms with Gasteiger partial charge in [0, 0.05) is 6.42 Å². The molecule has 0 bridgehead atoms. The van der Waals surface area contributed by atoms with Crippen LogP contribution < -0.4 is 0 Å². The molecule has 1 saturated carbocycles. The fraction of sp³-hybridized carbons (Fsp3) is 0.786. The number of aliphatic carboxylic acids is 1. The predicted octanol–water partition coefficient (Wildman–Crippen LogP) is -2.85. The third-order valence-corrected chi connectivity index (χ3v) is 3.40. The number of aliphatic hydroxyl groups is 5. The van der Waals surface area contributed by atoms with Gasteiger partial charge in [0.25, 0.3) is 6.47 Å². The van der Waals surface area contributed by atoms with Crippen LogP contribution in [0.3, 0.4) is 0 Å². The van der Waals surface area contributed by atoms with Crippen LogP contribution in [-0.2, 0) is 23.9 Å². The van der Waals surface area contributed by atoms with E-state index in [2.05, 4.69) is 9.47 Å². The van der Waals surface area contributed by atoms with Gasteiger partial charge in [-0.3, -0.25) is 9.59 Å². The van der Waals surface area contributed by atoms with Gasteiger partial charge in [-0.25, -0.2) is 4.79 Å². The number of hydrogen-bond acceptors (Lipinski definition) is 10. The molecular weight excluding hydrogens is 344 g/mol. The third-order valence-electron chi connectivity index (χ3n) is 3.40. The average molecular weight is 368 g/mol. The fourth-order valence-corrected chi connectivity index (χ4v) is 1.93. The van der Waals surface area contributed by atoms with Crippen LogP contribution in [-0.4, -0.2) is 91.8 Å². The van der Waals surface area contributed by atoms with Gasteiger partial charge in [0.05, 0.1) is 0 Å². The van der Waals surface area contributed by atoms with Crippen LogP contribution in [0.15, 0.2) is 0 Å². The van der Waals surface area contributed by atoms with Gasteiger partial charge in [0.2, 0.25) is 0 Å². The molecule has 0 saturated heterocycles. The molecule has 1 fully saturated rings. The molecule has 1 aliphatic rings. The summed E-state index contributed by atoms with van der Waals surface area (Å²) in [6.07, 6.45) is -9.80. The molecule has 1 aliphatic carbocycles. The summed E-state index contributed by atoms with van der Waals surface area (Å²) in [5.74, 6) is -1.57. The van der Waals surface area contributed by atoms with Crippen molar-refractivity contribution >= 4 is 18.4 Å². The van der Waals surface area contributed by atoms with Crippen molar-refractivity contribution in [2.75, 3.05) is 0 Å². The van der Waals surface area contributed by atoms with Gasteiger partial charge < -0.3 is 40.1 Å². The summed E-state index contributed by atoms with van der Waals surface area (Å²) >= 11 is 0. The van der Waals surface area contributed by atoms with Gasteiger partial charge in [-0.1, -0.05) is 6.92 Å². The largest absolute Gasteiger partial charge is 0.479 e.